The topological polar surface area (TPSA) is 0 Å². The highest BCUT2D eigenvalue weighted by Gasteiger charge is 2.35. The van der Waals surface area contributed by atoms with Crippen LogP contribution >= 0.6 is 0 Å². The Balaban J connectivity index is 2.73. The first-order valence-electron chi connectivity index (χ1n) is 7.82. The minimum atomic E-state index is -2.27. The maximum Gasteiger partial charge on any atom is 0.380 e. The maximum atomic E-state index is 13.7. The van der Waals surface area contributed by atoms with Crippen molar-refractivity contribution >= 4 is 0 Å². The highest BCUT2D eigenvalue weighted by molar-refractivity contribution is 5.14. The van der Waals surface area contributed by atoms with Crippen LogP contribution in [0.4, 0.5) is 8.78 Å². The Bertz CT molecular complexity index is 343. The lowest BCUT2D eigenvalue weighted by atomic mass is 10.1. The number of benzene rings is 1. The van der Waals surface area contributed by atoms with Gasteiger partial charge < -0.3 is 0 Å². The van der Waals surface area contributed by atoms with Gasteiger partial charge in [0, 0.05) is 6.42 Å². The normalized spacial score (nSPS) is 12.1. The second-order valence-corrected chi connectivity index (χ2v) is 5.61. The molecule has 3 heteroatoms. The number of unbranched alkanes of at least 4 members (excludes halogenated alkanes) is 2. The lowest BCUT2D eigenvalue weighted by Gasteiger charge is -2.37. The van der Waals surface area contributed by atoms with Gasteiger partial charge in [0.1, 0.15) is 0 Å². The van der Waals surface area contributed by atoms with E-state index >= 15 is 0 Å². The second kappa shape index (κ2) is 9.06. The number of hydrogen-bond donors (Lipinski definition) is 0. The first-order chi connectivity index (χ1) is 9.64. The third kappa shape index (κ3) is 5.20. The highest BCUT2D eigenvalue weighted by atomic mass is 19.3. The lowest BCUT2D eigenvalue weighted by molar-refractivity contribution is -0.979. The summed E-state index contributed by atoms with van der Waals surface area (Å²) in [4.78, 5) is 0. The zero-order chi connectivity index (χ0) is 14.8. The standard InChI is InChI=1S/C17H28F2N/c1-3-5-13-20(17(18)19,14-6-4-2)15-12-16-10-8-7-9-11-16/h7-11,17H,3-6,12-15H2,1-2H3/q+1. The van der Waals surface area contributed by atoms with E-state index in [-0.39, 0.29) is 4.48 Å². The van der Waals surface area contributed by atoms with Crippen molar-refractivity contribution in [3.8, 4) is 0 Å². The molecule has 0 N–H and O–H groups in total. The third-order valence-electron chi connectivity index (χ3n) is 4.02. The summed E-state index contributed by atoms with van der Waals surface area (Å²) in [6, 6.07) is 9.97. The molecule has 0 aliphatic rings. The zero-order valence-electron chi connectivity index (χ0n) is 12.8. The summed E-state index contributed by atoms with van der Waals surface area (Å²) in [5, 5.41) is 0. The zero-order valence-corrected chi connectivity index (χ0v) is 12.8. The molecule has 1 aromatic carbocycles. The van der Waals surface area contributed by atoms with Gasteiger partial charge in [-0.15, -0.1) is 0 Å². The molecule has 1 nitrogen and oxygen atoms in total. The van der Waals surface area contributed by atoms with Gasteiger partial charge in [0.05, 0.1) is 19.6 Å². The molecule has 0 atom stereocenters. The summed E-state index contributed by atoms with van der Waals surface area (Å²) in [7, 11) is 0. The Morgan fingerprint density at radius 3 is 1.90 bits per heavy atom. The summed E-state index contributed by atoms with van der Waals surface area (Å²) < 4.78 is 27.3. The Hall–Kier alpha value is -0.960. The van der Waals surface area contributed by atoms with Crippen LogP contribution in [0.1, 0.15) is 45.1 Å². The minimum Gasteiger partial charge on any atom is -0.265 e. The molecule has 0 heterocycles. The molecule has 1 rings (SSSR count). The number of quaternary nitrogens is 1. The van der Waals surface area contributed by atoms with Gasteiger partial charge in [-0.3, -0.25) is 4.48 Å². The van der Waals surface area contributed by atoms with Crippen LogP contribution in [0.15, 0.2) is 30.3 Å². The number of halogens is 2. The average Bonchev–Trinajstić information content (AvgIpc) is 2.47. The van der Waals surface area contributed by atoms with Crippen molar-refractivity contribution in [3.63, 3.8) is 0 Å². The predicted molar refractivity (Wildman–Crippen MR) is 80.8 cm³/mol. The molecule has 20 heavy (non-hydrogen) atoms. The molecule has 1 aromatic rings. The molecule has 0 radical (unpaired) electrons. The van der Waals surface area contributed by atoms with E-state index in [0.717, 1.165) is 37.7 Å². The molecule has 0 aromatic heterocycles. The Morgan fingerprint density at radius 1 is 0.900 bits per heavy atom. The molecule has 0 unspecified atom stereocenters. The van der Waals surface area contributed by atoms with Gasteiger partial charge in [-0.1, -0.05) is 57.0 Å². The number of alkyl halides is 2. The quantitative estimate of drug-likeness (QED) is 0.425. The van der Waals surface area contributed by atoms with E-state index in [4.69, 9.17) is 0 Å². The van der Waals surface area contributed by atoms with Crippen LogP contribution in [0.3, 0.4) is 0 Å². The first-order valence-corrected chi connectivity index (χ1v) is 7.82. The molecule has 0 aliphatic carbocycles. The molecule has 0 aliphatic heterocycles. The summed E-state index contributed by atoms with van der Waals surface area (Å²) in [6.07, 6.45) is 4.44. The van der Waals surface area contributed by atoms with Crippen LogP contribution in [0.5, 0.6) is 0 Å². The fraction of sp³-hybridized carbons (Fsp3) is 0.647. The number of hydrogen-bond acceptors (Lipinski definition) is 0. The van der Waals surface area contributed by atoms with Crippen molar-refractivity contribution in [2.45, 2.75) is 52.5 Å². The van der Waals surface area contributed by atoms with E-state index in [1.165, 1.54) is 0 Å². The van der Waals surface area contributed by atoms with E-state index in [1.54, 1.807) is 0 Å². The Labute approximate surface area is 122 Å². The molecular formula is C17H28F2N+. The highest BCUT2D eigenvalue weighted by Crippen LogP contribution is 2.21. The lowest BCUT2D eigenvalue weighted by Crippen LogP contribution is -2.54. The van der Waals surface area contributed by atoms with Gasteiger partial charge in [-0.05, 0) is 18.4 Å². The van der Waals surface area contributed by atoms with Crippen LogP contribution in [-0.2, 0) is 6.42 Å². The van der Waals surface area contributed by atoms with E-state index in [9.17, 15) is 8.78 Å². The van der Waals surface area contributed by atoms with Gasteiger partial charge in [-0.25, -0.2) is 0 Å². The fourth-order valence-electron chi connectivity index (χ4n) is 2.57. The molecule has 0 fully saturated rings. The molecule has 0 amide bonds. The molecule has 114 valence electrons. The van der Waals surface area contributed by atoms with Crippen molar-refractivity contribution in [1.82, 2.24) is 0 Å². The van der Waals surface area contributed by atoms with Crippen LogP contribution in [-0.4, -0.2) is 30.7 Å². The Morgan fingerprint density at radius 2 is 1.45 bits per heavy atom. The van der Waals surface area contributed by atoms with Crippen molar-refractivity contribution in [3.05, 3.63) is 35.9 Å². The average molecular weight is 284 g/mol. The molecular weight excluding hydrogens is 256 g/mol. The van der Waals surface area contributed by atoms with Gasteiger partial charge in [-0.2, -0.15) is 8.78 Å². The van der Waals surface area contributed by atoms with Crippen molar-refractivity contribution in [2.75, 3.05) is 19.6 Å². The number of nitrogens with zero attached hydrogens (tertiary/aromatic N) is 1. The number of rotatable bonds is 10. The second-order valence-electron chi connectivity index (χ2n) is 5.61. The smallest absolute Gasteiger partial charge is 0.265 e. The van der Waals surface area contributed by atoms with Crippen molar-refractivity contribution in [1.29, 1.82) is 0 Å². The van der Waals surface area contributed by atoms with E-state index in [1.807, 2.05) is 30.3 Å². The third-order valence-corrected chi connectivity index (χ3v) is 4.02. The predicted octanol–water partition coefficient (Wildman–Crippen LogP) is 4.87. The van der Waals surface area contributed by atoms with Crippen molar-refractivity contribution in [2.24, 2.45) is 0 Å². The summed E-state index contributed by atoms with van der Waals surface area (Å²) in [5.41, 5.74) is 1.16. The van der Waals surface area contributed by atoms with E-state index in [0.29, 0.717) is 19.6 Å². The maximum absolute atomic E-state index is 13.7. The summed E-state index contributed by atoms with van der Waals surface area (Å²) in [6.45, 7) is 3.61. The van der Waals surface area contributed by atoms with Crippen LogP contribution < -0.4 is 0 Å². The Kier molecular flexibility index (Phi) is 7.75. The largest absolute Gasteiger partial charge is 0.380 e. The first kappa shape index (κ1) is 17.1. The summed E-state index contributed by atoms with van der Waals surface area (Å²) in [5.74, 6) is 0. The minimum absolute atomic E-state index is 0.0312. The van der Waals surface area contributed by atoms with Crippen molar-refractivity contribution < 1.29 is 13.3 Å². The molecule has 0 saturated heterocycles. The van der Waals surface area contributed by atoms with Crippen LogP contribution in [0, 0.1) is 0 Å². The molecule has 0 bridgehead atoms. The molecule has 0 spiro atoms. The van der Waals surface area contributed by atoms with Gasteiger partial charge >= 0.3 is 6.55 Å². The van der Waals surface area contributed by atoms with Gasteiger partial charge in [0.15, 0.2) is 0 Å². The monoisotopic (exact) mass is 284 g/mol. The molecule has 0 saturated carbocycles. The van der Waals surface area contributed by atoms with Crippen LogP contribution in [0.25, 0.3) is 0 Å². The van der Waals surface area contributed by atoms with Gasteiger partial charge in [0.2, 0.25) is 0 Å². The van der Waals surface area contributed by atoms with Gasteiger partial charge in [0.25, 0.3) is 0 Å². The van der Waals surface area contributed by atoms with Crippen LogP contribution in [0.2, 0.25) is 0 Å². The fourth-order valence-corrected chi connectivity index (χ4v) is 2.57. The van der Waals surface area contributed by atoms with E-state index in [2.05, 4.69) is 13.8 Å². The SMILES string of the molecule is CCCC[N+](CCCC)(CCc1ccccc1)C(F)F. The summed E-state index contributed by atoms with van der Waals surface area (Å²) >= 11 is 0. The van der Waals surface area contributed by atoms with E-state index < -0.39 is 6.55 Å².